The molecule has 0 radical (unpaired) electrons. The lowest BCUT2D eigenvalue weighted by Gasteiger charge is -2.02. The molecule has 0 spiro atoms. The number of allylic oxidation sites excluding steroid dienone is 1. The first-order chi connectivity index (χ1) is 7.60. The predicted octanol–water partition coefficient (Wildman–Crippen LogP) is 0.696. The van der Waals surface area contributed by atoms with Crippen LogP contribution in [0.1, 0.15) is 13.3 Å². The van der Waals surface area contributed by atoms with E-state index in [-0.39, 0.29) is 11.7 Å². The third-order valence-electron chi connectivity index (χ3n) is 2.38. The van der Waals surface area contributed by atoms with E-state index >= 15 is 0 Å². The van der Waals surface area contributed by atoms with Gasteiger partial charge in [0.15, 0.2) is 0 Å². The van der Waals surface area contributed by atoms with E-state index in [9.17, 15) is 9.59 Å². The molecule has 0 atom stereocenters. The summed E-state index contributed by atoms with van der Waals surface area (Å²) in [6.45, 7) is 2.26. The first-order valence-corrected chi connectivity index (χ1v) is 5.09. The van der Waals surface area contributed by atoms with Gasteiger partial charge in [-0.25, -0.2) is 9.59 Å². The molecular weight excluding hydrogens is 208 g/mol. The number of nitrogens with zero attached hydrogens (tertiary/aromatic N) is 2. The van der Waals surface area contributed by atoms with Crippen LogP contribution < -0.4 is 5.69 Å². The Bertz CT molecular complexity index is 454. The van der Waals surface area contributed by atoms with Crippen molar-refractivity contribution in [2.45, 2.75) is 19.9 Å². The Morgan fingerprint density at radius 3 is 2.62 bits per heavy atom. The van der Waals surface area contributed by atoms with Crippen molar-refractivity contribution < 1.29 is 9.53 Å². The van der Waals surface area contributed by atoms with Gasteiger partial charge in [-0.1, -0.05) is 13.0 Å². The molecule has 5 heteroatoms. The molecule has 0 unspecified atom stereocenters. The highest BCUT2D eigenvalue weighted by Crippen LogP contribution is 2.03. The quantitative estimate of drug-likeness (QED) is 0.558. The van der Waals surface area contributed by atoms with Crippen molar-refractivity contribution in [1.29, 1.82) is 0 Å². The summed E-state index contributed by atoms with van der Waals surface area (Å²) >= 11 is 0. The highest BCUT2D eigenvalue weighted by Gasteiger charge is 2.06. The molecule has 0 bridgehead atoms. The molecule has 0 saturated heterocycles. The molecule has 88 valence electrons. The average molecular weight is 224 g/mol. The average Bonchev–Trinajstić information content (AvgIpc) is 2.61. The molecule has 1 heterocycles. The summed E-state index contributed by atoms with van der Waals surface area (Å²) in [6, 6.07) is 0. The number of imidazole rings is 1. The Morgan fingerprint density at radius 1 is 1.50 bits per heavy atom. The fourth-order valence-electron chi connectivity index (χ4n) is 1.36. The molecule has 0 N–H and O–H groups in total. The van der Waals surface area contributed by atoms with Crippen LogP contribution in [0.15, 0.2) is 28.8 Å². The zero-order chi connectivity index (χ0) is 12.1. The molecule has 0 amide bonds. The first kappa shape index (κ1) is 12.3. The number of carbonyl (C=O) groups excluding carboxylic acids is 1. The van der Waals surface area contributed by atoms with E-state index < -0.39 is 0 Å². The van der Waals surface area contributed by atoms with Gasteiger partial charge in [-0.05, 0) is 6.42 Å². The van der Waals surface area contributed by atoms with Gasteiger partial charge in [0.05, 0.1) is 7.11 Å². The second-order valence-electron chi connectivity index (χ2n) is 3.42. The van der Waals surface area contributed by atoms with Gasteiger partial charge in [-0.15, -0.1) is 0 Å². The number of methoxy groups -OCH3 is 1. The topological polar surface area (TPSA) is 53.2 Å². The van der Waals surface area contributed by atoms with Gasteiger partial charge in [0, 0.05) is 31.6 Å². The normalized spacial score (nSPS) is 11.6. The third kappa shape index (κ3) is 2.62. The van der Waals surface area contributed by atoms with Crippen LogP contribution in [0.2, 0.25) is 0 Å². The largest absolute Gasteiger partial charge is 0.466 e. The SMILES string of the molecule is CC/C(=C/Cn1ccn(C)c1=O)C(=O)OC. The number of hydrogen-bond donors (Lipinski definition) is 0. The van der Waals surface area contributed by atoms with E-state index in [4.69, 9.17) is 0 Å². The van der Waals surface area contributed by atoms with E-state index in [1.165, 1.54) is 16.2 Å². The Balaban J connectivity index is 2.82. The minimum Gasteiger partial charge on any atom is -0.466 e. The molecule has 0 fully saturated rings. The maximum absolute atomic E-state index is 11.5. The second-order valence-corrected chi connectivity index (χ2v) is 3.42. The van der Waals surface area contributed by atoms with Gasteiger partial charge in [0.2, 0.25) is 0 Å². The highest BCUT2D eigenvalue weighted by atomic mass is 16.5. The lowest BCUT2D eigenvalue weighted by Crippen LogP contribution is -2.21. The zero-order valence-corrected chi connectivity index (χ0v) is 9.77. The summed E-state index contributed by atoms with van der Waals surface area (Å²) in [7, 11) is 3.03. The van der Waals surface area contributed by atoms with E-state index in [0.29, 0.717) is 18.5 Å². The van der Waals surface area contributed by atoms with Crippen LogP contribution in [0.3, 0.4) is 0 Å². The summed E-state index contributed by atoms with van der Waals surface area (Å²) in [6.07, 6.45) is 5.67. The van der Waals surface area contributed by atoms with Crippen LogP contribution in [-0.2, 0) is 23.1 Å². The minimum atomic E-state index is -0.341. The standard InChI is InChI=1S/C11H16N2O3/c1-4-9(10(14)16-3)5-6-13-8-7-12(2)11(13)15/h5,7-8H,4,6H2,1-3H3/b9-5-. The Labute approximate surface area is 93.9 Å². The van der Waals surface area contributed by atoms with Crippen molar-refractivity contribution in [3.8, 4) is 0 Å². The van der Waals surface area contributed by atoms with E-state index in [2.05, 4.69) is 4.74 Å². The molecule has 0 aliphatic carbocycles. The Kier molecular flexibility index (Phi) is 4.10. The van der Waals surface area contributed by atoms with Crippen LogP contribution in [0.5, 0.6) is 0 Å². The fourth-order valence-corrected chi connectivity index (χ4v) is 1.36. The lowest BCUT2D eigenvalue weighted by molar-refractivity contribution is -0.136. The Morgan fingerprint density at radius 2 is 2.19 bits per heavy atom. The van der Waals surface area contributed by atoms with Crippen LogP contribution >= 0.6 is 0 Å². The van der Waals surface area contributed by atoms with Gasteiger partial charge in [-0.2, -0.15) is 0 Å². The summed E-state index contributed by atoms with van der Waals surface area (Å²) in [5.41, 5.74) is 0.481. The zero-order valence-electron chi connectivity index (χ0n) is 9.77. The van der Waals surface area contributed by atoms with E-state index in [0.717, 1.165) is 0 Å². The summed E-state index contributed by atoms with van der Waals surface area (Å²) < 4.78 is 7.64. The molecule has 0 saturated carbocycles. The highest BCUT2D eigenvalue weighted by molar-refractivity contribution is 5.88. The molecule has 16 heavy (non-hydrogen) atoms. The molecule has 1 aromatic heterocycles. The number of aromatic nitrogens is 2. The summed E-state index contributed by atoms with van der Waals surface area (Å²) in [4.78, 5) is 22.8. The minimum absolute atomic E-state index is 0.100. The van der Waals surface area contributed by atoms with Crippen LogP contribution in [0, 0.1) is 0 Å². The van der Waals surface area contributed by atoms with Crippen LogP contribution in [0.4, 0.5) is 0 Å². The van der Waals surface area contributed by atoms with Crippen molar-refractivity contribution in [3.63, 3.8) is 0 Å². The van der Waals surface area contributed by atoms with Gasteiger partial charge in [0.25, 0.3) is 0 Å². The third-order valence-corrected chi connectivity index (χ3v) is 2.38. The van der Waals surface area contributed by atoms with Crippen molar-refractivity contribution in [3.05, 3.63) is 34.5 Å². The molecule has 0 aliphatic rings. The van der Waals surface area contributed by atoms with Crippen molar-refractivity contribution in [2.75, 3.05) is 7.11 Å². The van der Waals surface area contributed by atoms with Gasteiger partial charge < -0.3 is 9.30 Å². The molecule has 0 aliphatic heterocycles. The fraction of sp³-hybridized carbons (Fsp3) is 0.455. The van der Waals surface area contributed by atoms with E-state index in [1.54, 1.807) is 25.5 Å². The number of aryl methyl sites for hydroxylation is 1. The van der Waals surface area contributed by atoms with Crippen LogP contribution in [0.25, 0.3) is 0 Å². The molecule has 5 nitrogen and oxygen atoms in total. The van der Waals surface area contributed by atoms with Gasteiger partial charge in [0.1, 0.15) is 0 Å². The van der Waals surface area contributed by atoms with Gasteiger partial charge >= 0.3 is 11.7 Å². The first-order valence-electron chi connectivity index (χ1n) is 5.09. The smallest absolute Gasteiger partial charge is 0.333 e. The van der Waals surface area contributed by atoms with E-state index in [1.807, 2.05) is 6.92 Å². The molecular formula is C11H16N2O3. The lowest BCUT2D eigenvalue weighted by atomic mass is 10.2. The molecule has 0 aromatic carbocycles. The number of hydrogen-bond acceptors (Lipinski definition) is 3. The number of ether oxygens (including phenoxy) is 1. The van der Waals surface area contributed by atoms with Crippen molar-refractivity contribution in [2.24, 2.45) is 7.05 Å². The summed E-state index contributed by atoms with van der Waals surface area (Å²) in [5.74, 6) is -0.341. The van der Waals surface area contributed by atoms with Crippen molar-refractivity contribution >= 4 is 5.97 Å². The molecule has 1 aromatic rings. The maximum atomic E-state index is 11.5. The maximum Gasteiger partial charge on any atom is 0.333 e. The van der Waals surface area contributed by atoms with Crippen molar-refractivity contribution in [1.82, 2.24) is 9.13 Å². The van der Waals surface area contributed by atoms with Crippen LogP contribution in [-0.4, -0.2) is 22.2 Å². The molecule has 1 rings (SSSR count). The summed E-state index contributed by atoms with van der Waals surface area (Å²) in [5, 5.41) is 0. The number of carbonyl (C=O) groups is 1. The number of esters is 1. The second kappa shape index (κ2) is 5.34. The van der Waals surface area contributed by atoms with Gasteiger partial charge in [-0.3, -0.25) is 4.57 Å². The Hall–Kier alpha value is -1.78. The predicted molar refractivity (Wildman–Crippen MR) is 60.1 cm³/mol. The number of rotatable bonds is 4. The monoisotopic (exact) mass is 224 g/mol.